The van der Waals surface area contributed by atoms with Crippen LogP contribution < -0.4 is 4.90 Å². The number of halogens is 1. The number of benzene rings is 2. The molecule has 134 valence electrons. The van der Waals surface area contributed by atoms with Gasteiger partial charge < -0.3 is 9.64 Å². The normalized spacial score (nSPS) is 16.6. The van der Waals surface area contributed by atoms with E-state index in [0.29, 0.717) is 0 Å². The molecular formula is C20H18FNO4. The first-order valence-corrected chi connectivity index (χ1v) is 8.26. The third kappa shape index (κ3) is 3.96. The molecule has 0 N–H and O–H groups in total. The van der Waals surface area contributed by atoms with Gasteiger partial charge in [-0.05, 0) is 31.2 Å². The van der Waals surface area contributed by atoms with E-state index >= 15 is 0 Å². The van der Waals surface area contributed by atoms with E-state index in [1.807, 2.05) is 31.2 Å². The van der Waals surface area contributed by atoms with Crippen LogP contribution in [0.1, 0.15) is 22.3 Å². The molecule has 0 saturated carbocycles. The average Bonchev–Trinajstić information content (AvgIpc) is 3.02. The smallest absolute Gasteiger partial charge is 0.311 e. The lowest BCUT2D eigenvalue weighted by atomic mass is 10.1. The van der Waals surface area contributed by atoms with E-state index < -0.39 is 30.1 Å². The quantitative estimate of drug-likeness (QED) is 0.611. The van der Waals surface area contributed by atoms with Crippen molar-refractivity contribution < 1.29 is 23.5 Å². The maximum Gasteiger partial charge on any atom is 0.311 e. The molecule has 5 nitrogen and oxygen atoms in total. The van der Waals surface area contributed by atoms with E-state index in [-0.39, 0.29) is 24.4 Å². The van der Waals surface area contributed by atoms with Crippen LogP contribution in [0.25, 0.3) is 0 Å². The second kappa shape index (κ2) is 7.47. The molecule has 0 aliphatic carbocycles. The highest BCUT2D eigenvalue weighted by atomic mass is 19.1. The number of carbonyl (C=O) groups excluding carboxylic acids is 3. The van der Waals surface area contributed by atoms with Crippen LogP contribution in [0.15, 0.2) is 48.5 Å². The van der Waals surface area contributed by atoms with Crippen LogP contribution in [-0.4, -0.2) is 30.8 Å². The average molecular weight is 355 g/mol. The van der Waals surface area contributed by atoms with E-state index in [9.17, 15) is 18.8 Å². The van der Waals surface area contributed by atoms with Crippen LogP contribution in [0.5, 0.6) is 0 Å². The van der Waals surface area contributed by atoms with Crippen LogP contribution in [0.2, 0.25) is 0 Å². The molecule has 0 unspecified atom stereocenters. The molecule has 2 aromatic rings. The van der Waals surface area contributed by atoms with Gasteiger partial charge in [0, 0.05) is 24.2 Å². The summed E-state index contributed by atoms with van der Waals surface area (Å²) in [5.74, 6) is -2.40. The summed E-state index contributed by atoms with van der Waals surface area (Å²) in [6.07, 6.45) is 0.0425. The Morgan fingerprint density at radius 2 is 1.92 bits per heavy atom. The molecule has 6 heteroatoms. The fourth-order valence-corrected chi connectivity index (χ4v) is 2.84. The monoisotopic (exact) mass is 355 g/mol. The molecule has 0 radical (unpaired) electrons. The van der Waals surface area contributed by atoms with E-state index in [4.69, 9.17) is 4.74 Å². The number of hydrogen-bond donors (Lipinski definition) is 0. The summed E-state index contributed by atoms with van der Waals surface area (Å²) in [7, 11) is 0. The number of carbonyl (C=O) groups is 3. The number of hydrogen-bond acceptors (Lipinski definition) is 4. The van der Waals surface area contributed by atoms with Crippen molar-refractivity contribution in [2.45, 2.75) is 13.3 Å². The van der Waals surface area contributed by atoms with Gasteiger partial charge in [-0.1, -0.05) is 29.8 Å². The molecule has 0 bridgehead atoms. The maximum atomic E-state index is 13.1. The predicted octanol–water partition coefficient (Wildman–Crippen LogP) is 2.91. The van der Waals surface area contributed by atoms with Crippen molar-refractivity contribution in [3.05, 3.63) is 65.5 Å². The Hall–Kier alpha value is -3.02. The fraction of sp³-hybridized carbons (Fsp3) is 0.250. The van der Waals surface area contributed by atoms with Gasteiger partial charge in [0.15, 0.2) is 12.4 Å². The number of amides is 1. The van der Waals surface area contributed by atoms with E-state index in [1.165, 1.54) is 18.2 Å². The number of aryl methyl sites for hydroxylation is 1. The van der Waals surface area contributed by atoms with Gasteiger partial charge >= 0.3 is 5.97 Å². The summed E-state index contributed by atoms with van der Waals surface area (Å²) in [6, 6.07) is 12.6. The zero-order chi connectivity index (χ0) is 18.7. The number of anilines is 1. The molecule has 1 fully saturated rings. The Kier molecular flexibility index (Phi) is 5.11. The van der Waals surface area contributed by atoms with Crippen molar-refractivity contribution in [1.82, 2.24) is 0 Å². The van der Waals surface area contributed by atoms with Gasteiger partial charge in [-0.2, -0.15) is 0 Å². The minimum atomic E-state index is -0.621. The summed E-state index contributed by atoms with van der Waals surface area (Å²) in [5.41, 5.74) is 1.94. The van der Waals surface area contributed by atoms with Crippen molar-refractivity contribution in [2.75, 3.05) is 18.1 Å². The van der Waals surface area contributed by atoms with Crippen LogP contribution in [0.4, 0.5) is 10.1 Å². The fourth-order valence-electron chi connectivity index (χ4n) is 2.84. The highest BCUT2D eigenvalue weighted by Gasteiger charge is 2.36. The Labute approximate surface area is 150 Å². The number of rotatable bonds is 5. The highest BCUT2D eigenvalue weighted by molar-refractivity contribution is 6.01. The van der Waals surface area contributed by atoms with Crippen molar-refractivity contribution in [1.29, 1.82) is 0 Å². The zero-order valence-electron chi connectivity index (χ0n) is 14.3. The van der Waals surface area contributed by atoms with Crippen molar-refractivity contribution in [3.63, 3.8) is 0 Å². The minimum absolute atomic E-state index is 0.0425. The summed E-state index contributed by atoms with van der Waals surface area (Å²) < 4.78 is 18.2. The zero-order valence-corrected chi connectivity index (χ0v) is 14.3. The van der Waals surface area contributed by atoms with Crippen LogP contribution in [0, 0.1) is 18.7 Å². The second-order valence-corrected chi connectivity index (χ2v) is 6.28. The van der Waals surface area contributed by atoms with E-state index in [2.05, 4.69) is 0 Å². The molecule has 26 heavy (non-hydrogen) atoms. The largest absolute Gasteiger partial charge is 0.457 e. The topological polar surface area (TPSA) is 63.7 Å². The van der Waals surface area contributed by atoms with Gasteiger partial charge in [-0.25, -0.2) is 4.39 Å². The summed E-state index contributed by atoms with van der Waals surface area (Å²) in [5, 5.41) is 0. The standard InChI is InChI=1S/C20H18FNO4/c1-13-5-7-17(8-6-13)22-11-15(10-19(22)24)20(25)26-12-18(23)14-3-2-4-16(21)9-14/h2-9,15H,10-12H2,1H3/t15-/m1/s1. The van der Waals surface area contributed by atoms with Gasteiger partial charge in [-0.15, -0.1) is 0 Å². The molecule has 1 amide bonds. The Morgan fingerprint density at radius 3 is 2.62 bits per heavy atom. The SMILES string of the molecule is Cc1ccc(N2C[C@H](C(=O)OCC(=O)c3cccc(F)c3)CC2=O)cc1. The summed E-state index contributed by atoms with van der Waals surface area (Å²) in [6.45, 7) is 1.69. The Morgan fingerprint density at radius 1 is 1.19 bits per heavy atom. The predicted molar refractivity (Wildman–Crippen MR) is 93.3 cm³/mol. The van der Waals surface area contributed by atoms with Gasteiger partial charge in [0.2, 0.25) is 5.91 Å². The lowest BCUT2D eigenvalue weighted by Gasteiger charge is -2.16. The van der Waals surface area contributed by atoms with Gasteiger partial charge in [-0.3, -0.25) is 14.4 Å². The van der Waals surface area contributed by atoms with Gasteiger partial charge in [0.1, 0.15) is 5.82 Å². The first-order valence-electron chi connectivity index (χ1n) is 8.26. The van der Waals surface area contributed by atoms with Gasteiger partial charge in [0.25, 0.3) is 0 Å². The summed E-state index contributed by atoms with van der Waals surface area (Å²) >= 11 is 0. The molecule has 1 atom stereocenters. The molecule has 2 aromatic carbocycles. The first-order chi connectivity index (χ1) is 12.4. The third-order valence-corrected chi connectivity index (χ3v) is 4.30. The van der Waals surface area contributed by atoms with E-state index in [1.54, 1.807) is 4.90 Å². The van der Waals surface area contributed by atoms with Crippen LogP contribution >= 0.6 is 0 Å². The van der Waals surface area contributed by atoms with Crippen molar-refractivity contribution in [3.8, 4) is 0 Å². The molecule has 1 heterocycles. The first kappa shape index (κ1) is 17.8. The lowest BCUT2D eigenvalue weighted by Crippen LogP contribution is -2.27. The molecule has 1 saturated heterocycles. The Bertz CT molecular complexity index is 847. The van der Waals surface area contributed by atoms with Crippen LogP contribution in [-0.2, 0) is 14.3 Å². The molecular weight excluding hydrogens is 337 g/mol. The molecule has 0 spiro atoms. The lowest BCUT2D eigenvalue weighted by molar-refractivity contribution is -0.147. The molecule has 3 rings (SSSR count). The number of nitrogens with zero attached hydrogens (tertiary/aromatic N) is 1. The third-order valence-electron chi connectivity index (χ3n) is 4.30. The number of esters is 1. The summed E-state index contributed by atoms with van der Waals surface area (Å²) in [4.78, 5) is 37.9. The van der Waals surface area contributed by atoms with Crippen molar-refractivity contribution >= 4 is 23.3 Å². The van der Waals surface area contributed by atoms with Crippen molar-refractivity contribution in [2.24, 2.45) is 5.92 Å². The second-order valence-electron chi connectivity index (χ2n) is 6.28. The minimum Gasteiger partial charge on any atom is -0.457 e. The maximum absolute atomic E-state index is 13.1. The van der Waals surface area contributed by atoms with E-state index in [0.717, 1.165) is 17.3 Å². The Balaban J connectivity index is 1.58. The van der Waals surface area contributed by atoms with Crippen LogP contribution in [0.3, 0.4) is 0 Å². The molecule has 1 aliphatic heterocycles. The number of ketones is 1. The van der Waals surface area contributed by atoms with Gasteiger partial charge in [0.05, 0.1) is 5.92 Å². The highest BCUT2D eigenvalue weighted by Crippen LogP contribution is 2.26. The molecule has 1 aliphatic rings. The number of ether oxygens (including phenoxy) is 1. The number of Topliss-reactive ketones (excluding diaryl/α,β-unsaturated/α-hetero) is 1. The molecule has 0 aromatic heterocycles.